The smallest absolute Gasteiger partial charge is 0.267 e. The van der Waals surface area contributed by atoms with Gasteiger partial charge in [-0.05, 0) is 45.7 Å². The summed E-state index contributed by atoms with van der Waals surface area (Å²) in [4.78, 5) is 15.8. The Morgan fingerprint density at radius 2 is 2.05 bits per heavy atom. The van der Waals surface area contributed by atoms with Crippen LogP contribution in [0, 0.1) is 16.4 Å². The van der Waals surface area contributed by atoms with Crippen molar-refractivity contribution in [2.75, 3.05) is 0 Å². The van der Waals surface area contributed by atoms with Crippen LogP contribution in [0.4, 0.5) is 8.78 Å². The highest BCUT2D eigenvalue weighted by Gasteiger charge is 2.14. The van der Waals surface area contributed by atoms with E-state index >= 15 is 0 Å². The first-order valence-electron chi connectivity index (χ1n) is 5.36. The van der Waals surface area contributed by atoms with Crippen LogP contribution in [0.3, 0.4) is 0 Å². The van der Waals surface area contributed by atoms with E-state index in [4.69, 9.17) is 12.2 Å². The lowest BCUT2D eigenvalue weighted by Crippen LogP contribution is -2.21. The molecule has 0 radical (unpaired) electrons. The Morgan fingerprint density at radius 1 is 1.30 bits per heavy atom. The highest BCUT2D eigenvalue weighted by molar-refractivity contribution is 9.10. The molecule has 0 saturated carbocycles. The van der Waals surface area contributed by atoms with Gasteiger partial charge in [0, 0.05) is 6.07 Å². The number of halogens is 3. The number of nitrogens with one attached hydrogen (secondary N) is 1. The summed E-state index contributed by atoms with van der Waals surface area (Å²) in [5.41, 5.74) is -0.542. The van der Waals surface area contributed by atoms with Crippen molar-refractivity contribution in [2.45, 2.75) is 0 Å². The van der Waals surface area contributed by atoms with Gasteiger partial charge in [-0.3, -0.25) is 4.79 Å². The van der Waals surface area contributed by atoms with E-state index < -0.39 is 17.2 Å². The Labute approximate surface area is 128 Å². The van der Waals surface area contributed by atoms with E-state index in [1.807, 2.05) is 0 Å². The normalized spacial score (nSPS) is 11.2. The molecule has 0 amide bonds. The van der Waals surface area contributed by atoms with Gasteiger partial charge < -0.3 is 4.98 Å². The number of hydrogen-bond donors (Lipinski definition) is 1. The van der Waals surface area contributed by atoms with Crippen molar-refractivity contribution in [2.24, 2.45) is 0 Å². The average molecular weight is 375 g/mol. The maximum Gasteiger partial charge on any atom is 0.267 e. The van der Waals surface area contributed by atoms with Crippen LogP contribution in [0.2, 0.25) is 0 Å². The van der Waals surface area contributed by atoms with Gasteiger partial charge >= 0.3 is 0 Å². The predicted molar refractivity (Wildman–Crippen MR) is 80.2 cm³/mol. The molecule has 0 fully saturated rings. The Kier molecular flexibility index (Phi) is 3.31. The zero-order valence-corrected chi connectivity index (χ0v) is 12.8. The quantitative estimate of drug-likeness (QED) is 0.513. The fourth-order valence-corrected chi connectivity index (χ4v) is 3.30. The number of hydrogen-bond acceptors (Lipinski definition) is 3. The summed E-state index contributed by atoms with van der Waals surface area (Å²) >= 11 is 9.39. The van der Waals surface area contributed by atoms with E-state index in [0.29, 0.717) is 16.3 Å². The molecule has 20 heavy (non-hydrogen) atoms. The number of fused-ring (bicyclic) bond motifs is 1. The molecule has 0 unspecified atom stereocenters. The van der Waals surface area contributed by atoms with Crippen LogP contribution >= 0.6 is 39.5 Å². The highest BCUT2D eigenvalue weighted by Crippen LogP contribution is 2.23. The van der Waals surface area contributed by atoms with Crippen LogP contribution in [0.1, 0.15) is 0 Å². The monoisotopic (exact) mass is 374 g/mol. The van der Waals surface area contributed by atoms with Gasteiger partial charge in [0.15, 0.2) is 4.77 Å². The van der Waals surface area contributed by atoms with Gasteiger partial charge in [-0.15, -0.1) is 11.3 Å². The molecule has 0 saturated heterocycles. The van der Waals surface area contributed by atoms with E-state index in [-0.39, 0.29) is 14.9 Å². The van der Waals surface area contributed by atoms with E-state index in [1.165, 1.54) is 17.4 Å². The SMILES string of the molecule is O=c1c2ccsc2[nH]c(=S)n1-c1cc(Br)c(F)cc1F. The minimum atomic E-state index is -0.859. The summed E-state index contributed by atoms with van der Waals surface area (Å²) in [6, 6.07) is 3.52. The number of benzene rings is 1. The lowest BCUT2D eigenvalue weighted by molar-refractivity contribution is 0.572. The maximum atomic E-state index is 13.9. The van der Waals surface area contributed by atoms with Gasteiger partial charge in [0.2, 0.25) is 0 Å². The molecule has 3 aromatic rings. The first-order valence-corrected chi connectivity index (χ1v) is 7.44. The molecule has 0 aliphatic heterocycles. The van der Waals surface area contributed by atoms with Gasteiger partial charge in [0.05, 0.1) is 15.5 Å². The van der Waals surface area contributed by atoms with Crippen LogP contribution in [-0.4, -0.2) is 9.55 Å². The van der Waals surface area contributed by atoms with Crippen molar-refractivity contribution < 1.29 is 8.78 Å². The number of rotatable bonds is 1. The Morgan fingerprint density at radius 3 is 2.80 bits per heavy atom. The molecule has 0 spiro atoms. The van der Waals surface area contributed by atoms with Gasteiger partial charge in [0.25, 0.3) is 5.56 Å². The van der Waals surface area contributed by atoms with Gasteiger partial charge in [0.1, 0.15) is 16.5 Å². The molecule has 102 valence electrons. The largest absolute Gasteiger partial charge is 0.323 e. The zero-order valence-electron chi connectivity index (χ0n) is 9.62. The Balaban J connectivity index is 2.44. The third-order valence-corrected chi connectivity index (χ3v) is 4.48. The first kappa shape index (κ1) is 13.6. The molecule has 3 nitrogen and oxygen atoms in total. The minimum Gasteiger partial charge on any atom is -0.323 e. The number of H-pyrrole nitrogens is 1. The maximum absolute atomic E-state index is 13.9. The van der Waals surface area contributed by atoms with E-state index in [9.17, 15) is 13.6 Å². The van der Waals surface area contributed by atoms with Crippen LogP contribution in [-0.2, 0) is 0 Å². The number of nitrogens with zero attached hydrogens (tertiary/aromatic N) is 1. The summed E-state index contributed by atoms with van der Waals surface area (Å²) < 4.78 is 28.3. The number of aromatic amines is 1. The molecule has 1 aromatic carbocycles. The second-order valence-electron chi connectivity index (χ2n) is 3.95. The highest BCUT2D eigenvalue weighted by atomic mass is 79.9. The van der Waals surface area contributed by atoms with E-state index in [0.717, 1.165) is 4.57 Å². The number of thiophene rings is 1. The molecule has 0 bridgehead atoms. The average Bonchev–Trinajstić information content (AvgIpc) is 2.83. The Bertz CT molecular complexity index is 945. The van der Waals surface area contributed by atoms with Crippen LogP contribution < -0.4 is 5.56 Å². The summed E-state index contributed by atoms with van der Waals surface area (Å²) in [5.74, 6) is -1.60. The molecule has 1 N–H and O–H groups in total. The van der Waals surface area contributed by atoms with Crippen LogP contribution in [0.5, 0.6) is 0 Å². The molecule has 0 atom stereocenters. The summed E-state index contributed by atoms with van der Waals surface area (Å²) in [7, 11) is 0. The third-order valence-electron chi connectivity index (χ3n) is 2.75. The summed E-state index contributed by atoms with van der Waals surface area (Å²) in [5, 5.41) is 2.14. The molecular weight excluding hydrogens is 370 g/mol. The third kappa shape index (κ3) is 2.04. The minimum absolute atomic E-state index is 0.0561. The van der Waals surface area contributed by atoms with Crippen LogP contribution in [0.15, 0.2) is 32.8 Å². The lowest BCUT2D eigenvalue weighted by atomic mass is 10.3. The topological polar surface area (TPSA) is 37.8 Å². The van der Waals surface area contributed by atoms with Crippen molar-refractivity contribution in [1.29, 1.82) is 0 Å². The lowest BCUT2D eigenvalue weighted by Gasteiger charge is -2.08. The fraction of sp³-hybridized carbons (Fsp3) is 0. The van der Waals surface area contributed by atoms with Gasteiger partial charge in [-0.1, -0.05) is 0 Å². The van der Waals surface area contributed by atoms with Crippen LogP contribution in [0.25, 0.3) is 15.9 Å². The van der Waals surface area contributed by atoms with E-state index in [1.54, 1.807) is 11.4 Å². The molecule has 2 aromatic heterocycles. The van der Waals surface area contributed by atoms with Crippen molar-refractivity contribution >= 4 is 49.7 Å². The fourth-order valence-electron chi connectivity index (χ4n) is 1.84. The van der Waals surface area contributed by atoms with E-state index in [2.05, 4.69) is 20.9 Å². The van der Waals surface area contributed by atoms with Gasteiger partial charge in [-0.2, -0.15) is 0 Å². The standard InChI is InChI=1S/C12H5BrF2N2OS2/c13-6-3-9(8(15)4-7(6)14)17-11(18)5-1-2-20-10(5)16-12(17)19/h1-4H,(H,16,19). The zero-order chi connectivity index (χ0) is 14.4. The predicted octanol–water partition coefficient (Wildman–Crippen LogP) is 4.15. The molecular formula is C12H5BrF2N2OS2. The second kappa shape index (κ2) is 4.87. The molecule has 2 heterocycles. The second-order valence-corrected chi connectivity index (χ2v) is 6.11. The van der Waals surface area contributed by atoms with Crippen molar-refractivity contribution in [1.82, 2.24) is 9.55 Å². The molecule has 0 aliphatic carbocycles. The number of aromatic nitrogens is 2. The van der Waals surface area contributed by atoms with Gasteiger partial charge in [-0.25, -0.2) is 13.3 Å². The summed E-state index contributed by atoms with van der Waals surface area (Å²) in [6.45, 7) is 0. The van der Waals surface area contributed by atoms with Crippen molar-refractivity contribution in [3.05, 3.63) is 54.8 Å². The van der Waals surface area contributed by atoms with Crippen molar-refractivity contribution in [3.8, 4) is 5.69 Å². The molecule has 3 rings (SSSR count). The molecule has 0 aliphatic rings. The Hall–Kier alpha value is -1.38. The van der Waals surface area contributed by atoms with Crippen molar-refractivity contribution in [3.63, 3.8) is 0 Å². The first-order chi connectivity index (χ1) is 9.49. The molecule has 8 heteroatoms. The summed E-state index contributed by atoms with van der Waals surface area (Å²) in [6.07, 6.45) is 0.